The molecule has 0 unspecified atom stereocenters. The SMILES string of the molecule is CS(=O)(=O)N1CCC(C(=O)N2CC[C@H](c3ccccc3)C2)CC1. The Morgan fingerprint density at radius 2 is 1.70 bits per heavy atom. The summed E-state index contributed by atoms with van der Waals surface area (Å²) in [6, 6.07) is 10.4. The maximum absolute atomic E-state index is 12.7. The summed E-state index contributed by atoms with van der Waals surface area (Å²) >= 11 is 0. The molecule has 0 aromatic heterocycles. The summed E-state index contributed by atoms with van der Waals surface area (Å²) in [5, 5.41) is 0. The quantitative estimate of drug-likeness (QED) is 0.844. The third-order valence-electron chi connectivity index (χ3n) is 5.04. The van der Waals surface area contributed by atoms with Gasteiger partial charge >= 0.3 is 0 Å². The maximum atomic E-state index is 12.7. The van der Waals surface area contributed by atoms with E-state index >= 15 is 0 Å². The molecule has 1 aromatic rings. The average Bonchev–Trinajstić information content (AvgIpc) is 3.04. The highest BCUT2D eigenvalue weighted by molar-refractivity contribution is 7.88. The highest BCUT2D eigenvalue weighted by Gasteiger charge is 2.34. The van der Waals surface area contributed by atoms with Gasteiger partial charge in [0.25, 0.3) is 0 Å². The van der Waals surface area contributed by atoms with Crippen LogP contribution in [0.4, 0.5) is 0 Å². The summed E-state index contributed by atoms with van der Waals surface area (Å²) in [5.74, 6) is 0.607. The molecule has 1 amide bonds. The van der Waals surface area contributed by atoms with Crippen molar-refractivity contribution in [3.8, 4) is 0 Å². The highest BCUT2D eigenvalue weighted by Crippen LogP contribution is 2.30. The largest absolute Gasteiger partial charge is 0.342 e. The molecule has 0 saturated carbocycles. The van der Waals surface area contributed by atoms with E-state index in [4.69, 9.17) is 0 Å². The molecule has 2 heterocycles. The molecule has 2 fully saturated rings. The van der Waals surface area contributed by atoms with Crippen molar-refractivity contribution in [1.29, 1.82) is 0 Å². The molecule has 3 rings (SSSR count). The van der Waals surface area contributed by atoms with E-state index in [1.807, 2.05) is 23.1 Å². The fourth-order valence-corrected chi connectivity index (χ4v) is 4.52. The molecule has 1 aromatic carbocycles. The third kappa shape index (κ3) is 3.75. The summed E-state index contributed by atoms with van der Waals surface area (Å²) < 4.78 is 24.6. The first kappa shape index (κ1) is 16.5. The zero-order valence-electron chi connectivity index (χ0n) is 13.5. The van der Waals surface area contributed by atoms with E-state index in [0.29, 0.717) is 31.8 Å². The summed E-state index contributed by atoms with van der Waals surface area (Å²) in [4.78, 5) is 14.7. The van der Waals surface area contributed by atoms with Crippen LogP contribution in [0.1, 0.15) is 30.7 Å². The predicted molar refractivity (Wildman–Crippen MR) is 89.5 cm³/mol. The number of piperidine rings is 1. The van der Waals surface area contributed by atoms with E-state index < -0.39 is 10.0 Å². The number of sulfonamides is 1. The number of nitrogens with zero attached hydrogens (tertiary/aromatic N) is 2. The predicted octanol–water partition coefficient (Wildman–Crippen LogP) is 1.67. The minimum absolute atomic E-state index is 0.0254. The van der Waals surface area contributed by atoms with Gasteiger partial charge in [-0.1, -0.05) is 30.3 Å². The standard InChI is InChI=1S/C17H24N2O3S/c1-23(21,22)19-11-8-15(9-12-19)17(20)18-10-7-16(13-18)14-5-3-2-4-6-14/h2-6,15-16H,7-13H2,1H3/t16-/m0/s1. The number of carbonyl (C=O) groups excluding carboxylic acids is 1. The lowest BCUT2D eigenvalue weighted by molar-refractivity contribution is -0.135. The topological polar surface area (TPSA) is 57.7 Å². The van der Waals surface area contributed by atoms with Crippen LogP contribution in [-0.2, 0) is 14.8 Å². The van der Waals surface area contributed by atoms with Crippen LogP contribution in [0.5, 0.6) is 0 Å². The van der Waals surface area contributed by atoms with Crippen molar-refractivity contribution in [2.75, 3.05) is 32.4 Å². The minimum atomic E-state index is -3.13. The Morgan fingerprint density at radius 1 is 1.04 bits per heavy atom. The second-order valence-corrected chi connectivity index (χ2v) is 8.60. The summed E-state index contributed by atoms with van der Waals surface area (Å²) in [6.07, 6.45) is 3.52. The lowest BCUT2D eigenvalue weighted by Gasteiger charge is -2.31. The Labute approximate surface area is 138 Å². The molecular weight excluding hydrogens is 312 g/mol. The van der Waals surface area contributed by atoms with Crippen molar-refractivity contribution >= 4 is 15.9 Å². The van der Waals surface area contributed by atoms with Crippen molar-refractivity contribution < 1.29 is 13.2 Å². The normalized spacial score (nSPS) is 24.0. The Hall–Kier alpha value is -1.40. The minimum Gasteiger partial charge on any atom is -0.342 e. The lowest BCUT2D eigenvalue weighted by atomic mass is 9.96. The smallest absolute Gasteiger partial charge is 0.225 e. The van der Waals surface area contributed by atoms with Gasteiger partial charge in [-0.25, -0.2) is 12.7 Å². The maximum Gasteiger partial charge on any atom is 0.225 e. The number of benzene rings is 1. The van der Waals surface area contributed by atoms with Crippen LogP contribution in [0.25, 0.3) is 0 Å². The Balaban J connectivity index is 1.56. The molecule has 0 N–H and O–H groups in total. The van der Waals surface area contributed by atoms with Gasteiger partial charge < -0.3 is 4.90 Å². The number of rotatable bonds is 3. The number of hydrogen-bond acceptors (Lipinski definition) is 3. The van der Waals surface area contributed by atoms with Crippen LogP contribution < -0.4 is 0 Å². The molecule has 6 heteroatoms. The number of likely N-dealkylation sites (tertiary alicyclic amines) is 1. The van der Waals surface area contributed by atoms with Crippen LogP contribution >= 0.6 is 0 Å². The molecule has 23 heavy (non-hydrogen) atoms. The fraction of sp³-hybridized carbons (Fsp3) is 0.588. The molecule has 0 aliphatic carbocycles. The third-order valence-corrected chi connectivity index (χ3v) is 6.35. The van der Waals surface area contributed by atoms with E-state index in [1.54, 1.807) is 0 Å². The zero-order valence-corrected chi connectivity index (χ0v) is 14.3. The van der Waals surface area contributed by atoms with Crippen LogP contribution in [0.3, 0.4) is 0 Å². The van der Waals surface area contributed by atoms with Crippen molar-refractivity contribution in [3.63, 3.8) is 0 Å². The molecule has 0 spiro atoms. The van der Waals surface area contributed by atoms with Gasteiger partial charge in [0.15, 0.2) is 0 Å². The first-order chi connectivity index (χ1) is 10.9. The zero-order chi connectivity index (χ0) is 16.4. The number of carbonyl (C=O) groups is 1. The van der Waals surface area contributed by atoms with Gasteiger partial charge in [0.05, 0.1) is 6.26 Å². The summed E-state index contributed by atoms with van der Waals surface area (Å²) in [6.45, 7) is 2.52. The van der Waals surface area contributed by atoms with E-state index in [0.717, 1.165) is 19.5 Å². The number of hydrogen-bond donors (Lipinski definition) is 0. The molecule has 1 atom stereocenters. The van der Waals surface area contributed by atoms with E-state index in [1.165, 1.54) is 16.1 Å². The molecule has 5 nitrogen and oxygen atoms in total. The van der Waals surface area contributed by atoms with Crippen molar-refractivity contribution in [2.24, 2.45) is 5.92 Å². The van der Waals surface area contributed by atoms with Crippen LogP contribution in [0.2, 0.25) is 0 Å². The first-order valence-corrected chi connectivity index (χ1v) is 10.1. The van der Waals surface area contributed by atoms with Crippen LogP contribution in [0, 0.1) is 5.92 Å². The fourth-order valence-electron chi connectivity index (χ4n) is 3.65. The molecule has 2 saturated heterocycles. The molecule has 2 aliphatic heterocycles. The second kappa shape index (κ2) is 6.61. The summed E-state index contributed by atoms with van der Waals surface area (Å²) in [7, 11) is -3.13. The van der Waals surface area contributed by atoms with E-state index in [2.05, 4.69) is 12.1 Å². The van der Waals surface area contributed by atoms with Gasteiger partial charge in [0, 0.05) is 38.0 Å². The lowest BCUT2D eigenvalue weighted by Crippen LogP contribution is -2.43. The Morgan fingerprint density at radius 3 is 2.30 bits per heavy atom. The Bertz CT molecular complexity index is 652. The van der Waals surface area contributed by atoms with Gasteiger partial charge in [-0.05, 0) is 24.8 Å². The van der Waals surface area contributed by atoms with Crippen molar-refractivity contribution in [2.45, 2.75) is 25.2 Å². The van der Waals surface area contributed by atoms with Gasteiger partial charge in [0.1, 0.15) is 0 Å². The van der Waals surface area contributed by atoms with Gasteiger partial charge in [-0.3, -0.25) is 4.79 Å². The first-order valence-electron chi connectivity index (χ1n) is 8.24. The van der Waals surface area contributed by atoms with Crippen LogP contribution in [-0.4, -0.2) is 56.0 Å². The van der Waals surface area contributed by atoms with Gasteiger partial charge in [-0.15, -0.1) is 0 Å². The Kier molecular flexibility index (Phi) is 4.73. The van der Waals surface area contributed by atoms with E-state index in [-0.39, 0.29) is 11.8 Å². The second-order valence-electron chi connectivity index (χ2n) is 6.62. The number of amides is 1. The van der Waals surface area contributed by atoms with Crippen LogP contribution in [0.15, 0.2) is 30.3 Å². The molecule has 0 radical (unpaired) electrons. The monoisotopic (exact) mass is 336 g/mol. The molecule has 0 bridgehead atoms. The molecule has 2 aliphatic rings. The summed E-state index contributed by atoms with van der Waals surface area (Å²) in [5.41, 5.74) is 1.30. The molecule has 126 valence electrons. The van der Waals surface area contributed by atoms with Crippen molar-refractivity contribution in [1.82, 2.24) is 9.21 Å². The van der Waals surface area contributed by atoms with Gasteiger partial charge in [-0.2, -0.15) is 0 Å². The van der Waals surface area contributed by atoms with E-state index in [9.17, 15) is 13.2 Å². The highest BCUT2D eigenvalue weighted by atomic mass is 32.2. The van der Waals surface area contributed by atoms with Gasteiger partial charge in [0.2, 0.25) is 15.9 Å². The molecular formula is C17H24N2O3S. The van der Waals surface area contributed by atoms with Crippen molar-refractivity contribution in [3.05, 3.63) is 35.9 Å². The average molecular weight is 336 g/mol.